The van der Waals surface area contributed by atoms with Gasteiger partial charge in [-0.1, -0.05) is 29.3 Å². The largest absolute Gasteiger partial charge is 0.493 e. The lowest BCUT2D eigenvalue weighted by molar-refractivity contribution is -0.139. The molecule has 0 fully saturated rings. The number of methoxy groups -OCH3 is 1. The molecule has 0 saturated heterocycles. The van der Waals surface area contributed by atoms with E-state index in [1.165, 1.54) is 25.5 Å². The molecule has 3 N–H and O–H groups in total. The number of allylic oxidation sites excluding steroid dienone is 1. The van der Waals surface area contributed by atoms with E-state index in [1.807, 2.05) is 6.07 Å². The molecule has 1 aliphatic heterocycles. The Morgan fingerprint density at radius 3 is 2.55 bits per heavy atom. The predicted octanol–water partition coefficient (Wildman–Crippen LogP) is 3.62. The van der Waals surface area contributed by atoms with Gasteiger partial charge in [-0.05, 0) is 49.2 Å². The summed E-state index contributed by atoms with van der Waals surface area (Å²) < 4.78 is 21.3. The van der Waals surface area contributed by atoms with Crippen LogP contribution in [0.4, 0.5) is 4.79 Å². The number of ether oxygens (including phenoxy) is 4. The van der Waals surface area contributed by atoms with Crippen LogP contribution in [0.5, 0.6) is 17.2 Å². The minimum absolute atomic E-state index is 0.171. The van der Waals surface area contributed by atoms with Gasteiger partial charge in [-0.3, -0.25) is 4.79 Å². The van der Waals surface area contributed by atoms with E-state index in [0.29, 0.717) is 16.8 Å². The first-order valence-corrected chi connectivity index (χ1v) is 12.5. The fourth-order valence-corrected chi connectivity index (χ4v) is 4.27. The van der Waals surface area contributed by atoms with Crippen molar-refractivity contribution in [1.82, 2.24) is 16.1 Å². The van der Waals surface area contributed by atoms with E-state index in [-0.39, 0.29) is 46.1 Å². The van der Waals surface area contributed by atoms with Crippen molar-refractivity contribution in [2.45, 2.75) is 19.9 Å². The Hall–Kier alpha value is -4.47. The first-order valence-electron chi connectivity index (χ1n) is 11.7. The highest BCUT2D eigenvalue weighted by molar-refractivity contribution is 6.37. The lowest BCUT2D eigenvalue weighted by Crippen LogP contribution is -2.45. The first kappa shape index (κ1) is 30.1. The molecule has 0 unspecified atom stereocenters. The number of hydrazone groups is 1. The van der Waals surface area contributed by atoms with Gasteiger partial charge in [0.2, 0.25) is 0 Å². The Kier molecular flexibility index (Phi) is 10.6. The Morgan fingerprint density at radius 1 is 1.18 bits per heavy atom. The fourth-order valence-electron chi connectivity index (χ4n) is 3.66. The van der Waals surface area contributed by atoms with Crippen molar-refractivity contribution >= 4 is 47.3 Å². The highest BCUT2D eigenvalue weighted by atomic mass is 35.5. The average molecular weight is 590 g/mol. The zero-order valence-electron chi connectivity index (χ0n) is 21.7. The molecule has 3 amide bonds. The summed E-state index contributed by atoms with van der Waals surface area (Å²) in [6.45, 7) is 2.86. The molecule has 3 rings (SSSR count). The summed E-state index contributed by atoms with van der Waals surface area (Å²) in [6, 6.07) is 8.35. The predicted molar refractivity (Wildman–Crippen MR) is 146 cm³/mol. The summed E-state index contributed by atoms with van der Waals surface area (Å²) in [4.78, 5) is 36.9. The molecule has 2 aromatic rings. The third-order valence-electron chi connectivity index (χ3n) is 5.35. The number of amides is 3. The molecule has 0 aromatic heterocycles. The molecule has 0 bridgehead atoms. The molecule has 1 atom stereocenters. The van der Waals surface area contributed by atoms with Crippen LogP contribution in [-0.4, -0.2) is 51.1 Å². The Labute approximate surface area is 239 Å². The summed E-state index contributed by atoms with van der Waals surface area (Å²) in [5.74, 6) is -0.449. The van der Waals surface area contributed by atoms with Crippen molar-refractivity contribution in [3.8, 4) is 23.3 Å². The van der Waals surface area contributed by atoms with Gasteiger partial charge < -0.3 is 29.6 Å². The summed E-state index contributed by atoms with van der Waals surface area (Å²) in [5.41, 5.74) is 3.96. The van der Waals surface area contributed by atoms with Crippen LogP contribution in [0, 0.1) is 11.3 Å². The maximum Gasteiger partial charge on any atom is 0.338 e. The lowest BCUT2D eigenvalue weighted by Gasteiger charge is -2.28. The molecule has 210 valence electrons. The van der Waals surface area contributed by atoms with Crippen LogP contribution in [0.25, 0.3) is 0 Å². The number of esters is 1. The standard InChI is InChI=1S/C26H25Cl2N5O7/c1-4-38-25(35)22-14(2)31-26(36)32-23(22)16-5-6-19(20(11-16)37-3)40-13-21(34)33-30-12-15-9-17(27)24(18(28)10-15)39-8-7-29/h5-6,9-12,23H,4,8,13H2,1-3H3,(H,33,34)(H2,31,32,36)/b30-12-/t23-/m0/s1. The van der Waals surface area contributed by atoms with Gasteiger partial charge in [0.15, 0.2) is 30.5 Å². The Morgan fingerprint density at radius 2 is 1.90 bits per heavy atom. The van der Waals surface area contributed by atoms with E-state index in [0.717, 1.165) is 0 Å². The van der Waals surface area contributed by atoms with Crippen LogP contribution < -0.4 is 30.3 Å². The van der Waals surface area contributed by atoms with Crippen molar-refractivity contribution in [3.05, 3.63) is 62.8 Å². The maximum atomic E-state index is 12.5. The minimum Gasteiger partial charge on any atom is -0.493 e. The molecule has 1 heterocycles. The average Bonchev–Trinajstić information content (AvgIpc) is 2.91. The lowest BCUT2D eigenvalue weighted by atomic mass is 9.95. The van der Waals surface area contributed by atoms with Gasteiger partial charge in [0.25, 0.3) is 5.91 Å². The summed E-state index contributed by atoms with van der Waals surface area (Å²) in [5, 5.41) is 18.1. The zero-order valence-corrected chi connectivity index (χ0v) is 23.2. The summed E-state index contributed by atoms with van der Waals surface area (Å²) in [7, 11) is 1.41. The minimum atomic E-state index is -0.789. The van der Waals surface area contributed by atoms with E-state index in [4.69, 9.17) is 47.4 Å². The first-order chi connectivity index (χ1) is 19.2. The number of nitrogens with one attached hydrogen (secondary N) is 3. The number of hydrogen-bond donors (Lipinski definition) is 3. The molecule has 1 aliphatic rings. The molecule has 2 aromatic carbocycles. The number of urea groups is 1. The van der Waals surface area contributed by atoms with E-state index < -0.39 is 30.6 Å². The van der Waals surface area contributed by atoms with Gasteiger partial charge in [-0.15, -0.1) is 0 Å². The summed E-state index contributed by atoms with van der Waals surface area (Å²) >= 11 is 12.2. The Balaban J connectivity index is 1.66. The van der Waals surface area contributed by atoms with Crippen molar-refractivity contribution < 1.29 is 33.3 Å². The smallest absolute Gasteiger partial charge is 0.338 e. The molecule has 0 aliphatic carbocycles. The van der Waals surface area contributed by atoms with Crippen LogP contribution in [-0.2, 0) is 14.3 Å². The van der Waals surface area contributed by atoms with E-state index in [9.17, 15) is 14.4 Å². The van der Waals surface area contributed by atoms with Crippen molar-refractivity contribution in [3.63, 3.8) is 0 Å². The van der Waals surface area contributed by atoms with Crippen LogP contribution in [0.3, 0.4) is 0 Å². The zero-order chi connectivity index (χ0) is 29.2. The number of hydrogen-bond acceptors (Lipinski definition) is 9. The molecule has 0 saturated carbocycles. The van der Waals surface area contributed by atoms with Crippen molar-refractivity contribution in [1.29, 1.82) is 5.26 Å². The van der Waals surface area contributed by atoms with Gasteiger partial charge in [-0.2, -0.15) is 10.4 Å². The summed E-state index contributed by atoms with van der Waals surface area (Å²) in [6.07, 6.45) is 1.32. The van der Waals surface area contributed by atoms with Crippen LogP contribution in [0.2, 0.25) is 10.0 Å². The second-order valence-electron chi connectivity index (χ2n) is 8.04. The van der Waals surface area contributed by atoms with Gasteiger partial charge in [0.1, 0.15) is 6.07 Å². The SMILES string of the molecule is CCOC(=O)C1=C(C)NC(=O)N[C@H]1c1ccc(OCC(=O)N/N=C\c2cc(Cl)c(OCC#N)c(Cl)c2)c(OC)c1. The Bertz CT molecular complexity index is 1380. The second-order valence-corrected chi connectivity index (χ2v) is 8.86. The third-order valence-corrected chi connectivity index (χ3v) is 5.91. The molecule has 0 radical (unpaired) electrons. The number of benzene rings is 2. The number of carbonyl (C=O) groups excluding carboxylic acids is 3. The van der Waals surface area contributed by atoms with E-state index >= 15 is 0 Å². The third kappa shape index (κ3) is 7.56. The topological polar surface area (TPSA) is 160 Å². The number of nitriles is 1. The molecular formula is C26H25Cl2N5O7. The van der Waals surface area contributed by atoms with Crippen LogP contribution in [0.1, 0.15) is 31.0 Å². The van der Waals surface area contributed by atoms with Gasteiger partial charge in [-0.25, -0.2) is 15.0 Å². The fraction of sp³-hybridized carbons (Fsp3) is 0.269. The molecule has 12 nitrogen and oxygen atoms in total. The molecule has 40 heavy (non-hydrogen) atoms. The highest BCUT2D eigenvalue weighted by Gasteiger charge is 2.32. The highest BCUT2D eigenvalue weighted by Crippen LogP contribution is 2.35. The van der Waals surface area contributed by atoms with Crippen LogP contribution in [0.15, 0.2) is 46.7 Å². The quantitative estimate of drug-likeness (QED) is 0.203. The van der Waals surface area contributed by atoms with Gasteiger partial charge in [0, 0.05) is 5.70 Å². The van der Waals surface area contributed by atoms with Gasteiger partial charge >= 0.3 is 12.0 Å². The van der Waals surface area contributed by atoms with Gasteiger partial charge in [0.05, 0.1) is 41.6 Å². The van der Waals surface area contributed by atoms with Crippen LogP contribution >= 0.6 is 23.2 Å². The molecule has 14 heteroatoms. The van der Waals surface area contributed by atoms with Crippen molar-refractivity contribution in [2.24, 2.45) is 5.10 Å². The number of nitrogens with zero attached hydrogens (tertiary/aromatic N) is 2. The normalized spacial score (nSPS) is 14.6. The van der Waals surface area contributed by atoms with Crippen molar-refractivity contribution in [2.75, 3.05) is 26.9 Å². The molecular weight excluding hydrogens is 565 g/mol. The number of rotatable bonds is 11. The number of carbonyl (C=O) groups is 3. The second kappa shape index (κ2) is 14.1. The maximum absolute atomic E-state index is 12.5. The number of halogens is 2. The van der Waals surface area contributed by atoms with E-state index in [2.05, 4.69) is 21.2 Å². The molecule has 0 spiro atoms. The van der Waals surface area contributed by atoms with E-state index in [1.54, 1.807) is 32.0 Å². The monoisotopic (exact) mass is 589 g/mol.